The van der Waals surface area contributed by atoms with Gasteiger partial charge in [0.05, 0.1) is 13.0 Å². The number of rotatable bonds is 2. The van der Waals surface area contributed by atoms with Crippen LogP contribution in [0, 0.1) is 0 Å². The summed E-state index contributed by atoms with van der Waals surface area (Å²) >= 11 is 5.34. The summed E-state index contributed by atoms with van der Waals surface area (Å²) in [7, 11) is 1.52. The first-order valence-electron chi connectivity index (χ1n) is 2.12. The van der Waals surface area contributed by atoms with Gasteiger partial charge in [-0.3, -0.25) is 0 Å². The van der Waals surface area contributed by atoms with Crippen molar-refractivity contribution in [1.29, 1.82) is 0 Å². The highest BCUT2D eigenvalue weighted by atomic mass is 35.5. The molecule has 0 aromatic rings. The number of ether oxygens (including phenoxy) is 1. The van der Waals surface area contributed by atoms with Crippen molar-refractivity contribution in [2.75, 3.05) is 13.0 Å². The number of aliphatic imine (C=N–C) groups is 1. The minimum Gasteiger partial charge on any atom is -0.483 e. The second kappa shape index (κ2) is 4.65. The van der Waals surface area contributed by atoms with Crippen LogP contribution < -0.4 is 0 Å². The van der Waals surface area contributed by atoms with Crippen LogP contribution in [0.1, 0.15) is 0 Å². The SMILES string of the molecule is C=CN=C(CCl)OC. The normalized spacial score (nSPS) is 11.0. The highest BCUT2D eigenvalue weighted by Gasteiger charge is 1.88. The summed E-state index contributed by atoms with van der Waals surface area (Å²) in [6, 6.07) is 0. The monoisotopic (exact) mass is 133 g/mol. The second-order valence-electron chi connectivity index (χ2n) is 1.04. The number of hydrogen-bond acceptors (Lipinski definition) is 2. The fraction of sp³-hybridized carbons (Fsp3) is 0.400. The van der Waals surface area contributed by atoms with Crippen LogP contribution in [0.3, 0.4) is 0 Å². The molecule has 0 spiro atoms. The number of nitrogens with zero attached hydrogens (tertiary/aromatic N) is 1. The van der Waals surface area contributed by atoms with Crippen molar-refractivity contribution in [3.63, 3.8) is 0 Å². The van der Waals surface area contributed by atoms with Crippen molar-refractivity contribution < 1.29 is 4.74 Å². The van der Waals surface area contributed by atoms with E-state index >= 15 is 0 Å². The van der Waals surface area contributed by atoms with E-state index in [0.717, 1.165) is 0 Å². The van der Waals surface area contributed by atoms with Crippen LogP contribution in [0.5, 0.6) is 0 Å². The van der Waals surface area contributed by atoms with E-state index in [2.05, 4.69) is 16.3 Å². The van der Waals surface area contributed by atoms with E-state index in [1.54, 1.807) is 0 Å². The highest BCUT2D eigenvalue weighted by molar-refractivity contribution is 6.27. The van der Waals surface area contributed by atoms with Crippen LogP contribution in [0.4, 0.5) is 0 Å². The van der Waals surface area contributed by atoms with Crippen molar-refractivity contribution in [3.8, 4) is 0 Å². The van der Waals surface area contributed by atoms with Crippen LogP contribution in [-0.2, 0) is 4.74 Å². The molecule has 3 heteroatoms. The lowest BCUT2D eigenvalue weighted by molar-refractivity contribution is 0.401. The maximum atomic E-state index is 5.34. The molecule has 0 rings (SSSR count). The highest BCUT2D eigenvalue weighted by Crippen LogP contribution is 1.84. The van der Waals surface area contributed by atoms with Gasteiger partial charge in [0.2, 0.25) is 5.90 Å². The van der Waals surface area contributed by atoms with Gasteiger partial charge < -0.3 is 4.74 Å². The second-order valence-corrected chi connectivity index (χ2v) is 1.31. The Balaban J connectivity index is 3.66. The van der Waals surface area contributed by atoms with Gasteiger partial charge in [-0.15, -0.1) is 11.6 Å². The van der Waals surface area contributed by atoms with Crippen molar-refractivity contribution in [3.05, 3.63) is 12.8 Å². The van der Waals surface area contributed by atoms with Gasteiger partial charge in [-0.2, -0.15) is 0 Å². The molecule has 0 aromatic carbocycles. The van der Waals surface area contributed by atoms with Gasteiger partial charge in [0.1, 0.15) is 0 Å². The Hall–Kier alpha value is -0.500. The molecule has 0 aliphatic heterocycles. The maximum absolute atomic E-state index is 5.34. The first kappa shape index (κ1) is 7.50. The van der Waals surface area contributed by atoms with Gasteiger partial charge in [0.15, 0.2) is 0 Å². The standard InChI is InChI=1S/C5H8ClNO/c1-3-7-5(4-6)8-2/h3H,1,4H2,2H3. The van der Waals surface area contributed by atoms with Gasteiger partial charge in [0.25, 0.3) is 0 Å². The molecule has 0 amide bonds. The van der Waals surface area contributed by atoms with Gasteiger partial charge in [-0.25, -0.2) is 4.99 Å². The van der Waals surface area contributed by atoms with Crippen LogP contribution in [0.15, 0.2) is 17.8 Å². The third-order valence-electron chi connectivity index (χ3n) is 0.585. The van der Waals surface area contributed by atoms with Crippen molar-refractivity contribution in [2.45, 2.75) is 0 Å². The lowest BCUT2D eigenvalue weighted by Crippen LogP contribution is -2.00. The lowest BCUT2D eigenvalue weighted by atomic mass is 10.7. The fourth-order valence-electron chi connectivity index (χ4n) is 0.244. The van der Waals surface area contributed by atoms with E-state index < -0.39 is 0 Å². The number of hydrogen-bond donors (Lipinski definition) is 0. The molecule has 0 saturated heterocycles. The largest absolute Gasteiger partial charge is 0.483 e. The molecular formula is C5H8ClNO. The zero-order chi connectivity index (χ0) is 6.41. The molecular weight excluding hydrogens is 126 g/mol. The molecule has 0 aliphatic carbocycles. The summed E-state index contributed by atoms with van der Waals surface area (Å²) in [6.07, 6.45) is 1.39. The van der Waals surface area contributed by atoms with Crippen molar-refractivity contribution >= 4 is 17.5 Å². The molecule has 0 saturated carbocycles. The average molecular weight is 134 g/mol. The van der Waals surface area contributed by atoms with Crippen LogP contribution in [0.25, 0.3) is 0 Å². The van der Waals surface area contributed by atoms with Gasteiger partial charge >= 0.3 is 0 Å². The van der Waals surface area contributed by atoms with E-state index in [9.17, 15) is 0 Å². The summed E-state index contributed by atoms with van der Waals surface area (Å²) in [5.41, 5.74) is 0. The molecule has 0 bridgehead atoms. The summed E-state index contributed by atoms with van der Waals surface area (Å²) < 4.78 is 4.69. The van der Waals surface area contributed by atoms with E-state index in [0.29, 0.717) is 11.8 Å². The molecule has 0 atom stereocenters. The maximum Gasteiger partial charge on any atom is 0.202 e. The van der Waals surface area contributed by atoms with Gasteiger partial charge in [0, 0.05) is 6.20 Å². The molecule has 46 valence electrons. The molecule has 0 unspecified atom stereocenters. The summed E-state index contributed by atoms with van der Waals surface area (Å²) in [4.78, 5) is 3.69. The first-order valence-corrected chi connectivity index (χ1v) is 2.66. The molecule has 2 nitrogen and oxygen atoms in total. The third kappa shape index (κ3) is 2.64. The summed E-state index contributed by atoms with van der Waals surface area (Å²) in [6.45, 7) is 3.37. The number of halogens is 1. The smallest absolute Gasteiger partial charge is 0.202 e. The predicted molar refractivity (Wildman–Crippen MR) is 35.4 cm³/mol. The number of methoxy groups -OCH3 is 1. The Bertz CT molecular complexity index is 94.6. The Labute approximate surface area is 53.8 Å². The predicted octanol–water partition coefficient (Wildman–Crippen LogP) is 1.41. The van der Waals surface area contributed by atoms with Gasteiger partial charge in [-0.1, -0.05) is 6.58 Å². The molecule has 0 fully saturated rings. The Morgan fingerprint density at radius 3 is 2.75 bits per heavy atom. The first-order chi connectivity index (χ1) is 3.85. The quantitative estimate of drug-likeness (QED) is 0.317. The molecule has 0 heterocycles. The van der Waals surface area contributed by atoms with E-state index in [1.807, 2.05) is 0 Å². The van der Waals surface area contributed by atoms with Crippen LogP contribution in [0.2, 0.25) is 0 Å². The van der Waals surface area contributed by atoms with Gasteiger partial charge in [-0.05, 0) is 0 Å². The molecule has 0 radical (unpaired) electrons. The molecule has 8 heavy (non-hydrogen) atoms. The van der Waals surface area contributed by atoms with Crippen molar-refractivity contribution in [2.24, 2.45) is 4.99 Å². The van der Waals surface area contributed by atoms with E-state index in [4.69, 9.17) is 11.6 Å². The van der Waals surface area contributed by atoms with Crippen molar-refractivity contribution in [1.82, 2.24) is 0 Å². The van der Waals surface area contributed by atoms with Crippen LogP contribution in [-0.4, -0.2) is 18.9 Å². The van der Waals surface area contributed by atoms with E-state index in [-0.39, 0.29) is 0 Å². The Morgan fingerprint density at radius 1 is 2.00 bits per heavy atom. The summed E-state index contributed by atoms with van der Waals surface area (Å²) in [5, 5.41) is 0. The number of alkyl halides is 1. The third-order valence-corrected chi connectivity index (χ3v) is 0.814. The summed E-state index contributed by atoms with van der Waals surface area (Å²) in [5.74, 6) is 0.782. The topological polar surface area (TPSA) is 21.6 Å². The zero-order valence-electron chi connectivity index (χ0n) is 4.72. The minimum atomic E-state index is 0.294. The fourth-order valence-corrected chi connectivity index (χ4v) is 0.422. The molecule has 0 aliphatic rings. The zero-order valence-corrected chi connectivity index (χ0v) is 5.48. The average Bonchev–Trinajstić information content (AvgIpc) is 1.83. The lowest BCUT2D eigenvalue weighted by Gasteiger charge is -1.94. The minimum absolute atomic E-state index is 0.294. The molecule has 0 N–H and O–H groups in total. The Kier molecular flexibility index (Phi) is 4.36. The molecule has 0 aromatic heterocycles. The Morgan fingerprint density at radius 2 is 2.62 bits per heavy atom. The van der Waals surface area contributed by atoms with Crippen LogP contribution >= 0.6 is 11.6 Å². The van der Waals surface area contributed by atoms with E-state index in [1.165, 1.54) is 13.3 Å².